The lowest BCUT2D eigenvalue weighted by atomic mass is 10.0. The summed E-state index contributed by atoms with van der Waals surface area (Å²) in [5.41, 5.74) is 0.548. The van der Waals surface area contributed by atoms with Crippen LogP contribution in [0.1, 0.15) is 18.0 Å². The number of aliphatic hydroxyl groups is 1. The molecule has 170 valence electrons. The van der Waals surface area contributed by atoms with Gasteiger partial charge in [-0.05, 0) is 5.56 Å². The lowest BCUT2D eigenvalue weighted by Gasteiger charge is -2.31. The normalized spacial score (nSPS) is 15.7. The molecule has 8 nitrogen and oxygen atoms in total. The van der Waals surface area contributed by atoms with Crippen molar-refractivity contribution in [3.05, 3.63) is 35.9 Å². The Hall–Kier alpha value is -2.21. The summed E-state index contributed by atoms with van der Waals surface area (Å²) in [6.45, 7) is -0.702. The smallest absolute Gasteiger partial charge is 0.406 e. The number of halogens is 3. The first-order chi connectivity index (χ1) is 14.1. The van der Waals surface area contributed by atoms with Crippen LogP contribution in [0.25, 0.3) is 0 Å². The number of nitrogens with one attached hydrogen (secondary N) is 2. The molecule has 11 heteroatoms. The molecule has 0 amide bonds. The van der Waals surface area contributed by atoms with Crippen LogP contribution >= 0.6 is 0 Å². The summed E-state index contributed by atoms with van der Waals surface area (Å²) in [5.74, 6) is -1.63. The average Bonchev–Trinajstić information content (AvgIpc) is 2.72. The largest absolute Gasteiger partial charge is 0.469 e. The second-order valence-electron chi connectivity index (χ2n) is 6.44. The van der Waals surface area contributed by atoms with Gasteiger partial charge in [-0.3, -0.25) is 14.9 Å². The molecule has 0 bridgehead atoms. The van der Waals surface area contributed by atoms with E-state index in [1.807, 2.05) is 0 Å². The lowest BCUT2D eigenvalue weighted by Crippen LogP contribution is -2.56. The van der Waals surface area contributed by atoms with Crippen molar-refractivity contribution in [3.63, 3.8) is 0 Å². The fraction of sp³-hybridized carbons (Fsp3) is 0.579. The van der Waals surface area contributed by atoms with Crippen LogP contribution < -0.4 is 10.6 Å². The van der Waals surface area contributed by atoms with E-state index in [4.69, 9.17) is 4.74 Å². The van der Waals surface area contributed by atoms with Crippen molar-refractivity contribution in [2.75, 3.05) is 34.5 Å². The average molecular weight is 436 g/mol. The molecule has 3 N–H and O–H groups in total. The summed E-state index contributed by atoms with van der Waals surface area (Å²) in [6.07, 6.45) is -7.24. The molecule has 0 fully saturated rings. The van der Waals surface area contributed by atoms with Crippen LogP contribution in [-0.2, 0) is 23.8 Å². The summed E-state index contributed by atoms with van der Waals surface area (Å²) in [5, 5.41) is 15.1. The number of hydrogen-bond acceptors (Lipinski definition) is 8. The highest BCUT2D eigenvalue weighted by molar-refractivity contribution is 5.82. The zero-order valence-electron chi connectivity index (χ0n) is 16.9. The highest BCUT2D eigenvalue weighted by Crippen LogP contribution is 2.26. The van der Waals surface area contributed by atoms with Gasteiger partial charge >= 0.3 is 18.1 Å². The van der Waals surface area contributed by atoms with Gasteiger partial charge in [0.05, 0.1) is 39.4 Å². The fourth-order valence-electron chi connectivity index (χ4n) is 2.74. The lowest BCUT2D eigenvalue weighted by molar-refractivity contribution is -0.180. The van der Waals surface area contributed by atoms with Gasteiger partial charge in [0.25, 0.3) is 0 Å². The first kappa shape index (κ1) is 25.8. The molecule has 0 aliphatic carbocycles. The third-order valence-corrected chi connectivity index (χ3v) is 4.31. The predicted molar refractivity (Wildman–Crippen MR) is 100 cm³/mol. The monoisotopic (exact) mass is 436 g/mol. The zero-order chi connectivity index (χ0) is 22.7. The standard InChI is InChI=1S/C19H27F3N2O6/c1-28-11-14(12-7-5-4-6-8-12)24-17(19(20,21)22)15(25)10-23-13(18(27)30-3)9-16(26)29-2/h4-8,13-15,17,23-25H,9-11H2,1-3H3/t13-,14-,15-,17+/m0/s1. The molecule has 0 unspecified atom stereocenters. The van der Waals surface area contributed by atoms with Gasteiger partial charge in [0.15, 0.2) is 0 Å². The molecule has 0 saturated carbocycles. The molecule has 0 aliphatic heterocycles. The summed E-state index contributed by atoms with van der Waals surface area (Å²) >= 11 is 0. The number of methoxy groups -OCH3 is 3. The van der Waals surface area contributed by atoms with Crippen LogP contribution in [0.5, 0.6) is 0 Å². The number of aliphatic hydroxyl groups excluding tert-OH is 1. The Morgan fingerprint density at radius 3 is 2.23 bits per heavy atom. The number of alkyl halides is 3. The molecule has 0 radical (unpaired) electrons. The van der Waals surface area contributed by atoms with Crippen molar-refractivity contribution in [2.45, 2.75) is 36.8 Å². The molecule has 0 aromatic heterocycles. The van der Waals surface area contributed by atoms with E-state index in [1.54, 1.807) is 30.3 Å². The Bertz CT molecular complexity index is 659. The Morgan fingerprint density at radius 1 is 1.10 bits per heavy atom. The van der Waals surface area contributed by atoms with Gasteiger partial charge < -0.3 is 24.6 Å². The first-order valence-corrected chi connectivity index (χ1v) is 9.06. The third-order valence-electron chi connectivity index (χ3n) is 4.31. The van der Waals surface area contributed by atoms with E-state index in [9.17, 15) is 27.9 Å². The van der Waals surface area contributed by atoms with Crippen LogP contribution in [0.3, 0.4) is 0 Å². The van der Waals surface area contributed by atoms with Gasteiger partial charge in [-0.2, -0.15) is 13.2 Å². The van der Waals surface area contributed by atoms with E-state index in [2.05, 4.69) is 20.1 Å². The van der Waals surface area contributed by atoms with Gasteiger partial charge in [0.2, 0.25) is 0 Å². The minimum atomic E-state index is -4.80. The van der Waals surface area contributed by atoms with Crippen molar-refractivity contribution in [3.8, 4) is 0 Å². The van der Waals surface area contributed by atoms with Crippen molar-refractivity contribution in [2.24, 2.45) is 0 Å². The Balaban J connectivity index is 2.93. The highest BCUT2D eigenvalue weighted by atomic mass is 19.4. The summed E-state index contributed by atoms with van der Waals surface area (Å²) in [7, 11) is 3.53. The molecule has 1 aromatic rings. The summed E-state index contributed by atoms with van der Waals surface area (Å²) < 4.78 is 54.9. The van der Waals surface area contributed by atoms with Crippen LogP contribution in [-0.4, -0.2) is 75.9 Å². The van der Waals surface area contributed by atoms with Gasteiger partial charge in [0, 0.05) is 13.7 Å². The van der Waals surface area contributed by atoms with Crippen molar-refractivity contribution in [1.29, 1.82) is 0 Å². The van der Waals surface area contributed by atoms with Gasteiger partial charge in [-0.15, -0.1) is 0 Å². The Morgan fingerprint density at radius 2 is 1.73 bits per heavy atom. The molecule has 4 atom stereocenters. The Kier molecular flexibility index (Phi) is 10.7. The third kappa shape index (κ3) is 8.27. The molecular formula is C19H27F3N2O6. The fourth-order valence-corrected chi connectivity index (χ4v) is 2.74. The summed E-state index contributed by atoms with van der Waals surface area (Å²) in [6, 6.07) is 3.90. The molecule has 1 rings (SSSR count). The highest BCUT2D eigenvalue weighted by Gasteiger charge is 2.45. The van der Waals surface area contributed by atoms with Crippen LogP contribution in [0.4, 0.5) is 13.2 Å². The van der Waals surface area contributed by atoms with E-state index in [1.165, 1.54) is 7.11 Å². The number of benzene rings is 1. The molecule has 0 aliphatic rings. The zero-order valence-corrected chi connectivity index (χ0v) is 16.9. The number of carbonyl (C=O) groups is 2. The molecule has 0 heterocycles. The Labute approximate surface area is 172 Å². The number of carbonyl (C=O) groups excluding carboxylic acids is 2. The molecule has 0 spiro atoms. The van der Waals surface area contributed by atoms with E-state index in [0.717, 1.165) is 14.2 Å². The maximum atomic E-state index is 13.6. The van der Waals surface area contributed by atoms with E-state index in [0.29, 0.717) is 5.56 Å². The molecule has 1 aromatic carbocycles. The van der Waals surface area contributed by atoms with Crippen molar-refractivity contribution >= 4 is 11.9 Å². The SMILES string of the molecule is COC[C@H](N[C@H]([C@@H](O)CN[C@@H](CC(=O)OC)C(=O)OC)C(F)(F)F)c1ccccc1. The number of hydrogen-bond donors (Lipinski definition) is 3. The van der Waals surface area contributed by atoms with E-state index >= 15 is 0 Å². The van der Waals surface area contributed by atoms with E-state index in [-0.39, 0.29) is 6.61 Å². The summed E-state index contributed by atoms with van der Waals surface area (Å²) in [4.78, 5) is 23.2. The maximum absolute atomic E-state index is 13.6. The first-order valence-electron chi connectivity index (χ1n) is 9.06. The van der Waals surface area contributed by atoms with Crippen LogP contribution in [0, 0.1) is 0 Å². The molecule has 0 saturated heterocycles. The van der Waals surface area contributed by atoms with Crippen molar-refractivity contribution in [1.82, 2.24) is 10.6 Å². The number of ether oxygens (including phenoxy) is 3. The predicted octanol–water partition coefficient (Wildman–Crippen LogP) is 0.950. The van der Waals surface area contributed by atoms with Crippen molar-refractivity contribution < 1.29 is 42.1 Å². The van der Waals surface area contributed by atoms with Crippen LogP contribution in [0.15, 0.2) is 30.3 Å². The molecular weight excluding hydrogens is 409 g/mol. The maximum Gasteiger partial charge on any atom is 0.406 e. The minimum Gasteiger partial charge on any atom is -0.469 e. The van der Waals surface area contributed by atoms with E-state index < -0.39 is 55.3 Å². The second kappa shape index (κ2) is 12.5. The quantitative estimate of drug-likeness (QED) is 0.416. The van der Waals surface area contributed by atoms with Gasteiger partial charge in [-0.25, -0.2) is 0 Å². The minimum absolute atomic E-state index is 0.0656. The van der Waals surface area contributed by atoms with Crippen LogP contribution in [0.2, 0.25) is 0 Å². The van der Waals surface area contributed by atoms with Gasteiger partial charge in [0.1, 0.15) is 12.1 Å². The number of esters is 2. The van der Waals surface area contributed by atoms with Gasteiger partial charge in [-0.1, -0.05) is 30.3 Å². The number of rotatable bonds is 12. The topological polar surface area (TPSA) is 106 Å². The second-order valence-corrected chi connectivity index (χ2v) is 6.44. The molecule has 30 heavy (non-hydrogen) atoms.